The van der Waals surface area contributed by atoms with Crippen molar-refractivity contribution in [3.8, 4) is 0 Å². The Morgan fingerprint density at radius 3 is 1.29 bits per heavy atom. The van der Waals surface area contributed by atoms with E-state index >= 15 is 0 Å². The van der Waals surface area contributed by atoms with Gasteiger partial charge in [0.05, 0.1) is 34.4 Å². The SMILES string of the molecule is CC/C=C/C/C=C/C/C=C/C/C=C/C/C=C/C/C=C/CCCCCC(=O)OC(COCCC(C(=O)O)[N+](C)(C)C)COC(=O)CCCCCCCCC/C=C/CCCCCCCCCCC. The van der Waals surface area contributed by atoms with Gasteiger partial charge in [0.1, 0.15) is 6.61 Å². The second-order valence-corrected chi connectivity index (χ2v) is 18.7. The topological polar surface area (TPSA) is 99.1 Å². The van der Waals surface area contributed by atoms with E-state index in [1.54, 1.807) is 0 Å². The number of unbranched alkanes of at least 4 members (excludes halogenated alkanes) is 19. The number of rotatable bonds is 47. The molecule has 1 N–H and O–H groups in total. The Labute approximate surface area is 405 Å². The molecule has 378 valence electrons. The number of esters is 2. The van der Waals surface area contributed by atoms with Crippen molar-refractivity contribution < 1.29 is 38.2 Å². The van der Waals surface area contributed by atoms with Gasteiger partial charge in [-0.1, -0.05) is 189 Å². The lowest BCUT2D eigenvalue weighted by Crippen LogP contribution is -2.50. The van der Waals surface area contributed by atoms with Crippen molar-refractivity contribution in [2.75, 3.05) is 41.0 Å². The minimum absolute atomic E-state index is 0.0419. The van der Waals surface area contributed by atoms with Crippen LogP contribution >= 0.6 is 0 Å². The Bertz CT molecular complexity index is 1350. The van der Waals surface area contributed by atoms with Gasteiger partial charge in [0, 0.05) is 19.3 Å². The van der Waals surface area contributed by atoms with E-state index in [4.69, 9.17) is 14.2 Å². The predicted octanol–water partition coefficient (Wildman–Crippen LogP) is 15.6. The molecule has 2 atom stereocenters. The fourth-order valence-electron chi connectivity index (χ4n) is 7.44. The van der Waals surface area contributed by atoms with Crippen LogP contribution in [0.25, 0.3) is 0 Å². The first-order valence-corrected chi connectivity index (χ1v) is 26.6. The van der Waals surface area contributed by atoms with Crippen LogP contribution in [0.3, 0.4) is 0 Å². The number of carboxylic acids is 1. The summed E-state index contributed by atoms with van der Waals surface area (Å²) < 4.78 is 17.3. The van der Waals surface area contributed by atoms with Crippen LogP contribution in [0.15, 0.2) is 85.1 Å². The van der Waals surface area contributed by atoms with Gasteiger partial charge in [-0.15, -0.1) is 0 Å². The molecule has 0 saturated heterocycles. The van der Waals surface area contributed by atoms with Crippen molar-refractivity contribution in [1.29, 1.82) is 0 Å². The maximum Gasteiger partial charge on any atom is 0.362 e. The van der Waals surface area contributed by atoms with Gasteiger partial charge in [-0.3, -0.25) is 9.59 Å². The van der Waals surface area contributed by atoms with E-state index in [0.29, 0.717) is 12.8 Å². The summed E-state index contributed by atoms with van der Waals surface area (Å²) >= 11 is 0. The fraction of sp³-hybridized carbons (Fsp3) is 0.707. The monoisotopic (exact) mass is 923 g/mol. The van der Waals surface area contributed by atoms with Crippen LogP contribution in [0, 0.1) is 0 Å². The second-order valence-electron chi connectivity index (χ2n) is 18.7. The molecule has 0 rings (SSSR count). The number of ether oxygens (including phenoxy) is 3. The summed E-state index contributed by atoms with van der Waals surface area (Å²) in [6.07, 6.45) is 63.5. The molecule has 0 amide bonds. The molecular formula is C58H100NO7+. The van der Waals surface area contributed by atoms with E-state index in [1.807, 2.05) is 21.1 Å². The standard InChI is InChI=1S/C58H99NO7/c1-6-8-10-12-14-16-18-20-22-24-26-28-29-31-33-35-37-39-41-43-45-47-49-57(61)66-54(52-64-51-50-55(58(62)63)59(3,4)5)53-65-56(60)48-46-44-42-40-38-36-34-32-30-27-25-23-21-19-17-15-13-11-9-7-2/h8,10,14,16,20,22,26-28,30-31,33,37,39,54-55H,6-7,9,11-13,15,17-19,21,23-25,29,32,34-36,38,40-53H2,1-5H3/p+1/b10-8+,16-14+,22-20+,28-26+,30-27+,33-31+,39-37+. The number of carboxylic acid groups (broad SMARTS) is 1. The van der Waals surface area contributed by atoms with Crippen molar-refractivity contribution in [3.63, 3.8) is 0 Å². The maximum atomic E-state index is 12.8. The molecule has 0 heterocycles. The highest BCUT2D eigenvalue weighted by molar-refractivity contribution is 5.72. The van der Waals surface area contributed by atoms with E-state index in [2.05, 4.69) is 98.9 Å². The van der Waals surface area contributed by atoms with Crippen LogP contribution in [-0.2, 0) is 28.6 Å². The normalized spacial score (nSPS) is 13.5. The first-order chi connectivity index (χ1) is 32.1. The van der Waals surface area contributed by atoms with Gasteiger partial charge in [-0.2, -0.15) is 0 Å². The molecule has 0 aromatic carbocycles. The van der Waals surface area contributed by atoms with Crippen LogP contribution in [0.2, 0.25) is 0 Å². The molecule has 66 heavy (non-hydrogen) atoms. The third-order valence-corrected chi connectivity index (χ3v) is 11.5. The molecule has 0 aliphatic rings. The van der Waals surface area contributed by atoms with Crippen molar-refractivity contribution in [2.45, 2.75) is 225 Å². The first-order valence-electron chi connectivity index (χ1n) is 26.6. The van der Waals surface area contributed by atoms with Crippen LogP contribution in [0.5, 0.6) is 0 Å². The van der Waals surface area contributed by atoms with E-state index < -0.39 is 18.1 Å². The molecule has 0 bridgehead atoms. The summed E-state index contributed by atoms with van der Waals surface area (Å²) in [7, 11) is 5.52. The van der Waals surface area contributed by atoms with Gasteiger partial charge >= 0.3 is 17.9 Å². The number of aliphatic carboxylic acids is 1. The molecule has 8 nitrogen and oxygen atoms in total. The molecule has 0 fully saturated rings. The quantitative estimate of drug-likeness (QED) is 0.0281. The number of quaternary nitrogens is 1. The zero-order chi connectivity index (χ0) is 48.4. The lowest BCUT2D eigenvalue weighted by atomic mass is 10.1. The largest absolute Gasteiger partial charge is 0.477 e. The van der Waals surface area contributed by atoms with E-state index in [-0.39, 0.29) is 42.7 Å². The van der Waals surface area contributed by atoms with Gasteiger partial charge in [-0.05, 0) is 89.9 Å². The van der Waals surface area contributed by atoms with Crippen LogP contribution in [-0.4, -0.2) is 80.6 Å². The summed E-state index contributed by atoms with van der Waals surface area (Å²) in [5, 5.41) is 9.66. The Kier molecular flexibility index (Phi) is 45.4. The van der Waals surface area contributed by atoms with Crippen LogP contribution < -0.4 is 0 Å². The lowest BCUT2D eigenvalue weighted by Gasteiger charge is -2.31. The zero-order valence-corrected chi connectivity index (χ0v) is 43.1. The molecular weight excluding hydrogens is 823 g/mol. The number of carbonyl (C=O) groups excluding carboxylic acids is 2. The zero-order valence-electron chi connectivity index (χ0n) is 43.1. The van der Waals surface area contributed by atoms with E-state index in [0.717, 1.165) is 83.5 Å². The fourth-order valence-corrected chi connectivity index (χ4v) is 7.44. The summed E-state index contributed by atoms with van der Waals surface area (Å²) in [6.45, 7) is 4.59. The molecule has 0 radical (unpaired) electrons. The number of hydrogen-bond acceptors (Lipinski definition) is 6. The van der Waals surface area contributed by atoms with Gasteiger partial charge in [0.15, 0.2) is 12.1 Å². The molecule has 0 aromatic rings. The van der Waals surface area contributed by atoms with E-state index in [9.17, 15) is 19.5 Å². The van der Waals surface area contributed by atoms with E-state index in [1.165, 1.54) is 96.3 Å². The van der Waals surface area contributed by atoms with Gasteiger partial charge < -0.3 is 23.8 Å². The summed E-state index contributed by atoms with van der Waals surface area (Å²) in [6, 6.07) is -0.627. The molecule has 2 unspecified atom stereocenters. The Hall–Kier alpha value is -3.49. The number of hydrogen-bond donors (Lipinski definition) is 1. The molecule has 0 aromatic heterocycles. The third kappa shape index (κ3) is 45.7. The molecule has 0 spiro atoms. The molecule has 0 saturated carbocycles. The van der Waals surface area contributed by atoms with Crippen LogP contribution in [0.4, 0.5) is 0 Å². The lowest BCUT2D eigenvalue weighted by molar-refractivity contribution is -0.887. The van der Waals surface area contributed by atoms with Gasteiger partial charge in [-0.25, -0.2) is 4.79 Å². The van der Waals surface area contributed by atoms with Crippen molar-refractivity contribution in [3.05, 3.63) is 85.1 Å². The smallest absolute Gasteiger partial charge is 0.362 e. The molecule has 8 heteroatoms. The Balaban J connectivity index is 4.32. The number of nitrogens with zero attached hydrogens (tertiary/aromatic N) is 1. The highest BCUT2D eigenvalue weighted by Gasteiger charge is 2.31. The number of allylic oxidation sites excluding steroid dienone is 14. The first kappa shape index (κ1) is 62.5. The highest BCUT2D eigenvalue weighted by atomic mass is 16.6. The van der Waals surface area contributed by atoms with Crippen molar-refractivity contribution in [1.82, 2.24) is 0 Å². The van der Waals surface area contributed by atoms with Gasteiger partial charge in [0.2, 0.25) is 0 Å². The minimum Gasteiger partial charge on any atom is -0.477 e. The average molecular weight is 923 g/mol. The average Bonchev–Trinajstić information content (AvgIpc) is 3.28. The molecule has 0 aliphatic heterocycles. The number of carbonyl (C=O) groups is 3. The summed E-state index contributed by atoms with van der Waals surface area (Å²) in [5.74, 6) is -1.52. The van der Waals surface area contributed by atoms with Crippen molar-refractivity contribution in [2.24, 2.45) is 0 Å². The Morgan fingerprint density at radius 1 is 0.470 bits per heavy atom. The summed E-state index contributed by atoms with van der Waals surface area (Å²) in [5.41, 5.74) is 0. The van der Waals surface area contributed by atoms with Gasteiger partial charge in [0.25, 0.3) is 0 Å². The highest BCUT2D eigenvalue weighted by Crippen LogP contribution is 2.14. The third-order valence-electron chi connectivity index (χ3n) is 11.5. The molecule has 0 aliphatic carbocycles. The van der Waals surface area contributed by atoms with Crippen LogP contribution in [0.1, 0.15) is 213 Å². The number of likely N-dealkylation sites (N-methyl/N-ethyl adjacent to an activating group) is 1. The second kappa shape index (κ2) is 48.0. The predicted molar refractivity (Wildman–Crippen MR) is 280 cm³/mol. The minimum atomic E-state index is -0.883. The summed E-state index contributed by atoms with van der Waals surface area (Å²) in [4.78, 5) is 37.2. The maximum absolute atomic E-state index is 12.8. The Morgan fingerprint density at radius 2 is 0.848 bits per heavy atom. The van der Waals surface area contributed by atoms with Crippen molar-refractivity contribution >= 4 is 17.9 Å².